The Balaban J connectivity index is 1.75. The number of nitrogens with one attached hydrogen (secondary N) is 1. The van der Waals surface area contributed by atoms with E-state index in [1.807, 2.05) is 13.8 Å². The van der Waals surface area contributed by atoms with Gasteiger partial charge in [-0.2, -0.15) is 4.68 Å². The number of amides is 1. The zero-order valence-corrected chi connectivity index (χ0v) is 22.8. The highest BCUT2D eigenvalue weighted by molar-refractivity contribution is 7.90. The first kappa shape index (κ1) is 27.6. The van der Waals surface area contributed by atoms with Crippen molar-refractivity contribution in [2.75, 3.05) is 11.6 Å². The zero-order chi connectivity index (χ0) is 27.6. The van der Waals surface area contributed by atoms with Crippen LogP contribution in [0.5, 0.6) is 5.75 Å². The number of hydrogen-bond acceptors (Lipinski definition) is 6. The fourth-order valence-electron chi connectivity index (χ4n) is 4.83. The van der Waals surface area contributed by atoms with E-state index in [1.54, 1.807) is 13.1 Å². The molecule has 1 unspecified atom stereocenters. The predicted molar refractivity (Wildman–Crippen MR) is 142 cm³/mol. The van der Waals surface area contributed by atoms with E-state index < -0.39 is 27.3 Å². The summed E-state index contributed by atoms with van der Waals surface area (Å²) in [5.41, 5.74) is -0.464. The summed E-state index contributed by atoms with van der Waals surface area (Å²) in [6, 6.07) is 8.18. The molecule has 1 aliphatic rings. The Labute approximate surface area is 221 Å². The lowest BCUT2D eigenvalue weighted by atomic mass is 9.86. The number of carbonyl (C=O) groups is 1. The van der Waals surface area contributed by atoms with Crippen LogP contribution in [0.2, 0.25) is 0 Å². The molecule has 1 aliphatic carbocycles. The van der Waals surface area contributed by atoms with Gasteiger partial charge in [-0.15, -0.1) is 5.10 Å². The molecule has 11 heteroatoms. The van der Waals surface area contributed by atoms with Gasteiger partial charge < -0.3 is 10.1 Å². The van der Waals surface area contributed by atoms with Gasteiger partial charge >= 0.3 is 5.69 Å². The standard InChI is InChI=1S/C27H33FN4O5S/c1-5-25-30-32(27(34)31(25)3)23-16-24(37-17(2)18-10-7-6-8-11-18)21(15-22(23)28)26(33)29-19-12-9-13-20(14-19)38(4,35)36/h9,12-18H,5-8,10-11H2,1-4H3,(H,29,33). The van der Waals surface area contributed by atoms with E-state index in [4.69, 9.17) is 4.74 Å². The van der Waals surface area contributed by atoms with E-state index in [0.717, 1.165) is 42.7 Å². The Bertz CT molecular complexity index is 1510. The van der Waals surface area contributed by atoms with Crippen molar-refractivity contribution in [1.29, 1.82) is 0 Å². The summed E-state index contributed by atoms with van der Waals surface area (Å²) >= 11 is 0. The number of aromatic nitrogens is 3. The molecule has 1 amide bonds. The van der Waals surface area contributed by atoms with Crippen LogP contribution in [0.4, 0.5) is 10.1 Å². The van der Waals surface area contributed by atoms with Crippen LogP contribution >= 0.6 is 0 Å². The number of halogens is 1. The van der Waals surface area contributed by atoms with Crippen molar-refractivity contribution in [2.45, 2.75) is 63.4 Å². The third-order valence-corrected chi connectivity index (χ3v) is 8.17. The molecule has 0 saturated heterocycles. The Kier molecular flexibility index (Phi) is 8.05. The van der Waals surface area contributed by atoms with Gasteiger partial charge in [0.15, 0.2) is 9.84 Å². The Morgan fingerprint density at radius 3 is 2.55 bits per heavy atom. The summed E-state index contributed by atoms with van der Waals surface area (Å²) in [7, 11) is -1.92. The van der Waals surface area contributed by atoms with E-state index in [0.29, 0.717) is 12.2 Å². The van der Waals surface area contributed by atoms with Gasteiger partial charge in [0.1, 0.15) is 23.1 Å². The van der Waals surface area contributed by atoms with E-state index in [1.165, 1.54) is 35.3 Å². The molecule has 0 aliphatic heterocycles. The minimum atomic E-state index is -3.49. The first-order chi connectivity index (χ1) is 18.0. The molecule has 3 aromatic rings. The normalized spacial score (nSPS) is 15.3. The van der Waals surface area contributed by atoms with Gasteiger partial charge in [-0.1, -0.05) is 32.3 Å². The number of hydrogen-bond donors (Lipinski definition) is 1. The number of aryl methyl sites for hydroxylation is 1. The minimum absolute atomic E-state index is 0.0421. The molecule has 38 heavy (non-hydrogen) atoms. The number of benzene rings is 2. The fourth-order valence-corrected chi connectivity index (χ4v) is 5.49. The number of sulfone groups is 1. The molecule has 1 atom stereocenters. The SMILES string of the molecule is CCc1nn(-c2cc(OC(C)C3CCCCC3)c(C(=O)Nc3cccc(S(C)(=O)=O)c3)cc2F)c(=O)n1C. The third-order valence-electron chi connectivity index (χ3n) is 7.06. The quantitative estimate of drug-likeness (QED) is 0.453. The number of rotatable bonds is 8. The molecule has 9 nitrogen and oxygen atoms in total. The maximum atomic E-state index is 15.4. The first-order valence-electron chi connectivity index (χ1n) is 12.8. The molecule has 1 saturated carbocycles. The summed E-state index contributed by atoms with van der Waals surface area (Å²) in [6.45, 7) is 3.77. The zero-order valence-electron chi connectivity index (χ0n) is 22.0. The molecule has 2 aromatic carbocycles. The fraction of sp³-hybridized carbons (Fsp3) is 0.444. The van der Waals surface area contributed by atoms with Crippen LogP contribution in [-0.4, -0.2) is 41.0 Å². The molecule has 4 rings (SSSR count). The van der Waals surface area contributed by atoms with Crippen molar-refractivity contribution < 1.29 is 22.3 Å². The van der Waals surface area contributed by atoms with Crippen LogP contribution in [0.3, 0.4) is 0 Å². The van der Waals surface area contributed by atoms with E-state index in [2.05, 4.69) is 10.4 Å². The van der Waals surface area contributed by atoms with Gasteiger partial charge in [-0.3, -0.25) is 9.36 Å². The lowest BCUT2D eigenvalue weighted by molar-refractivity contribution is 0.0997. The molecule has 1 heterocycles. The third kappa shape index (κ3) is 5.82. The molecule has 1 fully saturated rings. The lowest BCUT2D eigenvalue weighted by Crippen LogP contribution is -2.27. The summed E-state index contributed by atoms with van der Waals surface area (Å²) < 4.78 is 47.9. The Morgan fingerprint density at radius 1 is 1.21 bits per heavy atom. The van der Waals surface area contributed by atoms with Gasteiger partial charge in [0.05, 0.1) is 16.6 Å². The van der Waals surface area contributed by atoms with Crippen LogP contribution < -0.4 is 15.7 Å². The van der Waals surface area contributed by atoms with Gasteiger partial charge in [-0.25, -0.2) is 17.6 Å². The molecular weight excluding hydrogens is 511 g/mol. The van der Waals surface area contributed by atoms with Crippen LogP contribution in [0.15, 0.2) is 46.1 Å². The molecule has 0 bridgehead atoms. The second-order valence-electron chi connectivity index (χ2n) is 9.80. The monoisotopic (exact) mass is 544 g/mol. The summed E-state index contributed by atoms with van der Waals surface area (Å²) in [4.78, 5) is 26.2. The highest BCUT2D eigenvalue weighted by Gasteiger charge is 2.26. The van der Waals surface area contributed by atoms with E-state index in [9.17, 15) is 18.0 Å². The maximum absolute atomic E-state index is 15.4. The molecule has 1 N–H and O–H groups in total. The highest BCUT2D eigenvalue weighted by Crippen LogP contribution is 2.32. The van der Waals surface area contributed by atoms with Crippen LogP contribution in [-0.2, 0) is 23.3 Å². The van der Waals surface area contributed by atoms with Crippen molar-refractivity contribution in [3.63, 3.8) is 0 Å². The summed E-state index contributed by atoms with van der Waals surface area (Å²) in [5, 5.41) is 6.90. The summed E-state index contributed by atoms with van der Waals surface area (Å²) in [5.74, 6) is -0.606. The smallest absolute Gasteiger partial charge is 0.350 e. The van der Waals surface area contributed by atoms with Crippen molar-refractivity contribution in [2.24, 2.45) is 13.0 Å². The van der Waals surface area contributed by atoms with Crippen molar-refractivity contribution in [1.82, 2.24) is 14.3 Å². The van der Waals surface area contributed by atoms with Crippen LogP contribution in [0, 0.1) is 11.7 Å². The van der Waals surface area contributed by atoms with Crippen LogP contribution in [0.1, 0.15) is 62.1 Å². The van der Waals surface area contributed by atoms with Crippen LogP contribution in [0.25, 0.3) is 5.69 Å². The second kappa shape index (κ2) is 11.1. The first-order valence-corrected chi connectivity index (χ1v) is 14.7. The molecule has 0 radical (unpaired) electrons. The van der Waals surface area contributed by atoms with Crippen molar-refractivity contribution >= 4 is 21.4 Å². The van der Waals surface area contributed by atoms with Crippen molar-refractivity contribution in [3.8, 4) is 11.4 Å². The average molecular weight is 545 g/mol. The Morgan fingerprint density at radius 2 is 1.92 bits per heavy atom. The predicted octanol–water partition coefficient (Wildman–Crippen LogP) is 4.28. The van der Waals surface area contributed by atoms with Gasteiger partial charge in [0, 0.05) is 31.5 Å². The molecule has 204 valence electrons. The number of ether oxygens (including phenoxy) is 1. The number of carbonyl (C=O) groups excluding carboxylic acids is 1. The molecule has 1 aromatic heterocycles. The van der Waals surface area contributed by atoms with Crippen molar-refractivity contribution in [3.05, 3.63) is 64.1 Å². The lowest BCUT2D eigenvalue weighted by Gasteiger charge is -2.29. The Hall–Kier alpha value is -3.47. The van der Waals surface area contributed by atoms with Gasteiger partial charge in [-0.05, 0) is 49.9 Å². The molecule has 0 spiro atoms. The second-order valence-corrected chi connectivity index (χ2v) is 11.8. The van der Waals surface area contributed by atoms with E-state index >= 15 is 4.39 Å². The maximum Gasteiger partial charge on any atom is 0.350 e. The van der Waals surface area contributed by atoms with Gasteiger partial charge in [0.2, 0.25) is 0 Å². The van der Waals surface area contributed by atoms with E-state index in [-0.39, 0.29) is 39.6 Å². The number of anilines is 1. The number of nitrogens with zero attached hydrogens (tertiary/aromatic N) is 3. The highest BCUT2D eigenvalue weighted by atomic mass is 32.2. The minimum Gasteiger partial charge on any atom is -0.490 e. The average Bonchev–Trinajstić information content (AvgIpc) is 3.18. The largest absolute Gasteiger partial charge is 0.490 e. The van der Waals surface area contributed by atoms with Gasteiger partial charge in [0.25, 0.3) is 5.91 Å². The topological polar surface area (TPSA) is 112 Å². The summed E-state index contributed by atoms with van der Waals surface area (Å²) in [6.07, 6.45) is 6.66. The molecular formula is C27H33FN4O5S.